The van der Waals surface area contributed by atoms with Crippen LogP contribution in [-0.2, 0) is 0 Å². The minimum absolute atomic E-state index is 0.199. The summed E-state index contributed by atoms with van der Waals surface area (Å²) in [7, 11) is 0. The van der Waals surface area contributed by atoms with E-state index >= 15 is 0 Å². The normalized spacial score (nSPS) is 17.8. The molecule has 0 bridgehead atoms. The van der Waals surface area contributed by atoms with Crippen LogP contribution >= 0.6 is 34.8 Å². The summed E-state index contributed by atoms with van der Waals surface area (Å²) in [5.74, 6) is 0.762. The molecule has 1 aliphatic heterocycles. The molecule has 1 heterocycles. The summed E-state index contributed by atoms with van der Waals surface area (Å²) in [4.78, 5) is 4.58. The van der Waals surface area contributed by atoms with E-state index < -0.39 is 0 Å². The van der Waals surface area contributed by atoms with E-state index in [4.69, 9.17) is 34.8 Å². The average Bonchev–Trinajstić information content (AvgIpc) is 2.92. The van der Waals surface area contributed by atoms with Crippen molar-refractivity contribution >= 4 is 40.6 Å². The van der Waals surface area contributed by atoms with Crippen LogP contribution in [0.15, 0.2) is 47.5 Å². The van der Waals surface area contributed by atoms with Gasteiger partial charge in [0.25, 0.3) is 0 Å². The molecule has 0 amide bonds. The summed E-state index contributed by atoms with van der Waals surface area (Å²) in [5, 5.41) is 1.74. The van der Waals surface area contributed by atoms with Gasteiger partial charge < -0.3 is 5.43 Å². The molecule has 0 spiro atoms. The van der Waals surface area contributed by atoms with Crippen molar-refractivity contribution in [3.8, 4) is 0 Å². The molecule has 6 heteroatoms. The Hall–Kier alpha value is -1.26. The molecule has 1 atom stereocenters. The van der Waals surface area contributed by atoms with Gasteiger partial charge in [0, 0.05) is 10.6 Å². The van der Waals surface area contributed by atoms with Crippen LogP contribution in [0.3, 0.4) is 0 Å². The highest BCUT2D eigenvalue weighted by Gasteiger charge is 2.19. The maximum absolute atomic E-state index is 6.02. The van der Waals surface area contributed by atoms with Crippen molar-refractivity contribution in [1.82, 2.24) is 10.9 Å². The lowest BCUT2D eigenvalue weighted by atomic mass is 10.2. The molecule has 0 saturated heterocycles. The summed E-state index contributed by atoms with van der Waals surface area (Å²) in [6, 6.07) is 12.9. The first-order valence-electron chi connectivity index (χ1n) is 5.94. The van der Waals surface area contributed by atoms with Crippen molar-refractivity contribution in [3.63, 3.8) is 0 Å². The van der Waals surface area contributed by atoms with Gasteiger partial charge in [-0.1, -0.05) is 40.9 Å². The Morgan fingerprint density at radius 3 is 2.35 bits per heavy atom. The van der Waals surface area contributed by atoms with Crippen LogP contribution in [0.1, 0.15) is 17.3 Å². The summed E-state index contributed by atoms with van der Waals surface area (Å²) in [5.41, 5.74) is 8.05. The molecular weight excluding hydrogens is 317 g/mol. The van der Waals surface area contributed by atoms with E-state index in [2.05, 4.69) is 15.8 Å². The van der Waals surface area contributed by atoms with Gasteiger partial charge in [-0.25, -0.2) is 10.4 Å². The van der Waals surface area contributed by atoms with Crippen LogP contribution in [-0.4, -0.2) is 5.84 Å². The third-order valence-corrected chi connectivity index (χ3v) is 3.95. The van der Waals surface area contributed by atoms with Gasteiger partial charge in [-0.05, 0) is 42.0 Å². The summed E-state index contributed by atoms with van der Waals surface area (Å²) < 4.78 is 0. The Labute approximate surface area is 131 Å². The van der Waals surface area contributed by atoms with Crippen molar-refractivity contribution < 1.29 is 0 Å². The standard InChI is InChI=1S/C14H10Cl3N3/c15-10-4-1-8(2-5-10)13-18-14(20-19-13)9-3-6-11(16)12(17)7-9/h1-7,14,20H,(H,18,19). The second-order valence-electron chi connectivity index (χ2n) is 4.33. The minimum Gasteiger partial charge on any atom is -0.303 e. The lowest BCUT2D eigenvalue weighted by Gasteiger charge is -2.08. The number of nitrogens with zero attached hydrogens (tertiary/aromatic N) is 1. The largest absolute Gasteiger partial charge is 0.303 e. The van der Waals surface area contributed by atoms with Crippen molar-refractivity contribution in [2.24, 2.45) is 4.99 Å². The second kappa shape index (κ2) is 5.62. The monoisotopic (exact) mass is 325 g/mol. The predicted molar refractivity (Wildman–Crippen MR) is 83.5 cm³/mol. The highest BCUT2D eigenvalue weighted by Crippen LogP contribution is 2.27. The number of hydrogen-bond donors (Lipinski definition) is 2. The summed E-state index contributed by atoms with van der Waals surface area (Å²) in [6.45, 7) is 0. The van der Waals surface area contributed by atoms with E-state index in [0.717, 1.165) is 17.0 Å². The maximum atomic E-state index is 6.02. The number of rotatable bonds is 2. The zero-order valence-corrected chi connectivity index (χ0v) is 12.5. The molecule has 2 aromatic carbocycles. The van der Waals surface area contributed by atoms with Gasteiger partial charge in [0.05, 0.1) is 10.0 Å². The van der Waals surface area contributed by atoms with Crippen molar-refractivity contribution in [1.29, 1.82) is 0 Å². The summed E-state index contributed by atoms with van der Waals surface area (Å²) in [6.07, 6.45) is -0.199. The number of nitrogens with one attached hydrogen (secondary N) is 2. The van der Waals surface area contributed by atoms with E-state index in [-0.39, 0.29) is 6.17 Å². The Kier molecular flexibility index (Phi) is 3.85. The number of halogens is 3. The fourth-order valence-corrected chi connectivity index (χ4v) is 2.36. The SMILES string of the molecule is Clc1ccc(C2=NC(c3ccc(Cl)c(Cl)c3)NN2)cc1. The van der Waals surface area contributed by atoms with Crippen LogP contribution in [0.25, 0.3) is 0 Å². The quantitative estimate of drug-likeness (QED) is 0.867. The smallest absolute Gasteiger partial charge is 0.144 e. The molecule has 1 aliphatic rings. The molecule has 0 fully saturated rings. The predicted octanol–water partition coefficient (Wildman–Crippen LogP) is 4.20. The first kappa shape index (κ1) is 13.7. The number of amidine groups is 1. The molecule has 0 radical (unpaired) electrons. The number of hydrazine groups is 1. The number of aliphatic imine (C=N–C) groups is 1. The average molecular weight is 327 g/mol. The maximum Gasteiger partial charge on any atom is 0.144 e. The van der Waals surface area contributed by atoms with E-state index in [1.54, 1.807) is 12.1 Å². The third kappa shape index (κ3) is 2.76. The molecule has 3 rings (SSSR count). The summed E-state index contributed by atoms with van der Waals surface area (Å²) >= 11 is 17.8. The molecule has 2 aromatic rings. The lowest BCUT2D eigenvalue weighted by molar-refractivity contribution is 0.575. The molecule has 1 unspecified atom stereocenters. The fraction of sp³-hybridized carbons (Fsp3) is 0.0714. The molecule has 102 valence electrons. The third-order valence-electron chi connectivity index (χ3n) is 2.96. The Balaban J connectivity index is 1.87. The number of hydrogen-bond acceptors (Lipinski definition) is 3. The van der Waals surface area contributed by atoms with Crippen LogP contribution < -0.4 is 10.9 Å². The molecule has 0 aliphatic carbocycles. The molecule has 20 heavy (non-hydrogen) atoms. The topological polar surface area (TPSA) is 36.4 Å². The number of benzene rings is 2. The Morgan fingerprint density at radius 2 is 1.65 bits per heavy atom. The molecule has 0 saturated carbocycles. The van der Waals surface area contributed by atoms with Gasteiger partial charge in [0.1, 0.15) is 12.0 Å². The molecule has 3 nitrogen and oxygen atoms in total. The highest BCUT2D eigenvalue weighted by atomic mass is 35.5. The van der Waals surface area contributed by atoms with Gasteiger partial charge in [-0.3, -0.25) is 0 Å². The minimum atomic E-state index is -0.199. The second-order valence-corrected chi connectivity index (χ2v) is 5.58. The molecule has 0 aromatic heterocycles. The fourth-order valence-electron chi connectivity index (χ4n) is 1.93. The zero-order valence-electron chi connectivity index (χ0n) is 10.2. The Morgan fingerprint density at radius 1 is 0.900 bits per heavy atom. The van der Waals surface area contributed by atoms with Gasteiger partial charge in [-0.15, -0.1) is 0 Å². The lowest BCUT2D eigenvalue weighted by Crippen LogP contribution is -2.31. The van der Waals surface area contributed by atoms with E-state index in [9.17, 15) is 0 Å². The van der Waals surface area contributed by atoms with Gasteiger partial charge in [-0.2, -0.15) is 0 Å². The van der Waals surface area contributed by atoms with Crippen LogP contribution in [0.5, 0.6) is 0 Å². The molecular formula is C14H10Cl3N3. The Bertz CT molecular complexity index is 668. The van der Waals surface area contributed by atoms with E-state index in [1.165, 1.54) is 0 Å². The van der Waals surface area contributed by atoms with Crippen molar-refractivity contribution in [2.45, 2.75) is 6.17 Å². The van der Waals surface area contributed by atoms with E-state index in [1.807, 2.05) is 30.3 Å². The first-order chi connectivity index (χ1) is 9.63. The van der Waals surface area contributed by atoms with Crippen molar-refractivity contribution in [3.05, 3.63) is 68.7 Å². The van der Waals surface area contributed by atoms with E-state index in [0.29, 0.717) is 15.1 Å². The van der Waals surface area contributed by atoms with Gasteiger partial charge in [0.15, 0.2) is 0 Å². The van der Waals surface area contributed by atoms with Crippen LogP contribution in [0.4, 0.5) is 0 Å². The van der Waals surface area contributed by atoms with Crippen molar-refractivity contribution in [2.75, 3.05) is 0 Å². The van der Waals surface area contributed by atoms with Crippen LogP contribution in [0, 0.1) is 0 Å². The van der Waals surface area contributed by atoms with Crippen LogP contribution in [0.2, 0.25) is 15.1 Å². The van der Waals surface area contributed by atoms with Gasteiger partial charge >= 0.3 is 0 Å². The van der Waals surface area contributed by atoms with Gasteiger partial charge in [0.2, 0.25) is 0 Å². The first-order valence-corrected chi connectivity index (χ1v) is 7.07. The molecule has 2 N–H and O–H groups in total. The highest BCUT2D eigenvalue weighted by molar-refractivity contribution is 6.42. The zero-order chi connectivity index (χ0) is 14.1.